The van der Waals surface area contributed by atoms with Crippen LogP contribution in [0.2, 0.25) is 0 Å². The summed E-state index contributed by atoms with van der Waals surface area (Å²) in [5.74, 6) is -1.17. The molecule has 1 N–H and O–H groups in total. The maximum atomic E-state index is 12.8. The molecule has 188 valence electrons. The molecule has 1 aliphatic heterocycles. The summed E-state index contributed by atoms with van der Waals surface area (Å²) in [6, 6.07) is 9.68. The van der Waals surface area contributed by atoms with E-state index < -0.39 is 12.1 Å². The first-order chi connectivity index (χ1) is 17.1. The van der Waals surface area contributed by atoms with Gasteiger partial charge >= 0.3 is 12.1 Å². The van der Waals surface area contributed by atoms with Gasteiger partial charge in [0.25, 0.3) is 5.91 Å². The molecule has 36 heavy (non-hydrogen) atoms. The first kappa shape index (κ1) is 24.9. The Morgan fingerprint density at radius 2 is 1.94 bits per heavy atom. The van der Waals surface area contributed by atoms with E-state index in [1.807, 2.05) is 53.0 Å². The van der Waals surface area contributed by atoms with Gasteiger partial charge in [0.15, 0.2) is 11.5 Å². The summed E-state index contributed by atoms with van der Waals surface area (Å²) in [5, 5.41) is 11.9. The fourth-order valence-electron chi connectivity index (χ4n) is 3.93. The van der Waals surface area contributed by atoms with E-state index in [1.165, 1.54) is 0 Å². The zero-order valence-corrected chi connectivity index (χ0v) is 19.1. The number of likely N-dealkylation sites (tertiary alicyclic amines) is 1. The minimum Gasteiger partial charge on any atom is -0.475 e. The van der Waals surface area contributed by atoms with Crippen LogP contribution in [0.1, 0.15) is 40.7 Å². The number of pyridine rings is 2. The first-order valence-corrected chi connectivity index (χ1v) is 11.0. The van der Waals surface area contributed by atoms with Crippen LogP contribution in [-0.2, 0) is 4.79 Å². The maximum absolute atomic E-state index is 12.8. The van der Waals surface area contributed by atoms with Crippen molar-refractivity contribution in [1.82, 2.24) is 24.5 Å². The second-order valence-corrected chi connectivity index (χ2v) is 8.22. The number of piperidine rings is 1. The molecule has 5 rings (SSSR count). The largest absolute Gasteiger partial charge is 0.490 e. The van der Waals surface area contributed by atoms with Crippen molar-refractivity contribution in [2.24, 2.45) is 0 Å². The van der Waals surface area contributed by atoms with Gasteiger partial charge in [0.1, 0.15) is 5.76 Å². The number of rotatable bonds is 3. The molecule has 0 spiro atoms. The Kier molecular flexibility index (Phi) is 7.04. The highest BCUT2D eigenvalue weighted by Crippen LogP contribution is 2.27. The lowest BCUT2D eigenvalue weighted by molar-refractivity contribution is -0.192. The molecule has 1 saturated heterocycles. The minimum atomic E-state index is -5.08. The van der Waals surface area contributed by atoms with Gasteiger partial charge in [0, 0.05) is 48.7 Å². The number of halogens is 3. The Balaban J connectivity index is 0.000000384. The number of amides is 1. The van der Waals surface area contributed by atoms with Gasteiger partial charge in [-0.3, -0.25) is 9.78 Å². The summed E-state index contributed by atoms with van der Waals surface area (Å²) in [4.78, 5) is 32.5. The molecule has 0 saturated carbocycles. The second-order valence-electron chi connectivity index (χ2n) is 8.22. The van der Waals surface area contributed by atoms with Crippen molar-refractivity contribution >= 4 is 17.5 Å². The van der Waals surface area contributed by atoms with Crippen LogP contribution < -0.4 is 0 Å². The number of aromatic nitrogens is 4. The monoisotopic (exact) mass is 501 g/mol. The van der Waals surface area contributed by atoms with Gasteiger partial charge < -0.3 is 14.4 Å². The van der Waals surface area contributed by atoms with Crippen molar-refractivity contribution in [3.8, 4) is 11.1 Å². The number of carbonyl (C=O) groups is 2. The number of aliphatic carboxylic acids is 1. The van der Waals surface area contributed by atoms with Crippen molar-refractivity contribution < 1.29 is 32.3 Å². The molecule has 5 heterocycles. The number of hydrogen-bond acceptors (Lipinski definition) is 6. The van der Waals surface area contributed by atoms with E-state index in [2.05, 4.69) is 4.98 Å². The molecule has 0 aliphatic carbocycles. The smallest absolute Gasteiger partial charge is 0.475 e. The molecule has 0 radical (unpaired) electrons. The topological polar surface area (TPSA) is 114 Å². The Labute approximate surface area is 203 Å². The molecule has 0 aromatic carbocycles. The van der Waals surface area contributed by atoms with Gasteiger partial charge in [0.05, 0.1) is 11.8 Å². The number of carboxylic acids is 1. The number of nitrogens with zero attached hydrogens (tertiary/aromatic N) is 5. The van der Waals surface area contributed by atoms with Gasteiger partial charge in [-0.15, -0.1) is 0 Å². The summed E-state index contributed by atoms with van der Waals surface area (Å²) < 4.78 is 38.8. The highest BCUT2D eigenvalue weighted by atomic mass is 19.4. The predicted octanol–water partition coefficient (Wildman–Crippen LogP) is 4.35. The number of hydrogen-bond donors (Lipinski definition) is 1. The van der Waals surface area contributed by atoms with Crippen molar-refractivity contribution in [1.29, 1.82) is 0 Å². The normalized spacial score (nSPS) is 15.9. The number of carboxylic acid groups (broad SMARTS) is 1. The van der Waals surface area contributed by atoms with Crippen molar-refractivity contribution in [3.05, 3.63) is 72.3 Å². The number of alkyl halides is 3. The zero-order chi connectivity index (χ0) is 25.9. The molecular formula is C24H22F3N5O4. The number of aryl methyl sites for hydroxylation is 1. The Morgan fingerprint density at radius 3 is 2.58 bits per heavy atom. The predicted molar refractivity (Wildman–Crippen MR) is 121 cm³/mol. The molecule has 1 unspecified atom stereocenters. The van der Waals surface area contributed by atoms with E-state index in [0.29, 0.717) is 17.9 Å². The van der Waals surface area contributed by atoms with Gasteiger partial charge in [-0.1, -0.05) is 6.07 Å². The van der Waals surface area contributed by atoms with Gasteiger partial charge in [-0.25, -0.2) is 14.3 Å². The second kappa shape index (κ2) is 10.2. The van der Waals surface area contributed by atoms with Crippen LogP contribution in [0.3, 0.4) is 0 Å². The van der Waals surface area contributed by atoms with E-state index >= 15 is 0 Å². The lowest BCUT2D eigenvalue weighted by Gasteiger charge is -2.31. The van der Waals surface area contributed by atoms with Gasteiger partial charge in [-0.2, -0.15) is 18.3 Å². The quantitative estimate of drug-likeness (QED) is 0.444. The highest BCUT2D eigenvalue weighted by molar-refractivity contribution is 5.95. The fraction of sp³-hybridized carbons (Fsp3) is 0.292. The maximum Gasteiger partial charge on any atom is 0.490 e. The summed E-state index contributed by atoms with van der Waals surface area (Å²) in [6.45, 7) is 3.19. The molecular weight excluding hydrogens is 479 g/mol. The molecule has 4 aromatic heterocycles. The van der Waals surface area contributed by atoms with Gasteiger partial charge in [-0.05, 0) is 44.0 Å². The zero-order valence-electron chi connectivity index (χ0n) is 19.1. The molecule has 12 heteroatoms. The standard InChI is InChI=1S/C22H21N5O2.C2HF3O2/c1-15-19(8-11-29-15)22(28)26-10-3-5-18(13-26)21-24-20-7-6-17(14-27(20)25-21)16-4-2-9-23-12-16;3-2(4,5)1(6)7/h2,4,6-9,11-12,14,18H,3,5,10,13H2,1H3;(H,6,7). The van der Waals surface area contributed by atoms with E-state index in [4.69, 9.17) is 24.4 Å². The summed E-state index contributed by atoms with van der Waals surface area (Å²) in [6.07, 6.45) is 3.96. The van der Waals surface area contributed by atoms with Crippen molar-refractivity contribution in [2.75, 3.05) is 13.1 Å². The average molecular weight is 501 g/mol. The molecule has 1 aliphatic rings. The van der Waals surface area contributed by atoms with E-state index in [0.717, 1.165) is 42.0 Å². The third kappa shape index (κ3) is 5.53. The van der Waals surface area contributed by atoms with Crippen molar-refractivity contribution in [3.63, 3.8) is 0 Å². The fourth-order valence-corrected chi connectivity index (χ4v) is 3.93. The molecule has 9 nitrogen and oxygen atoms in total. The summed E-state index contributed by atoms with van der Waals surface area (Å²) in [7, 11) is 0. The van der Waals surface area contributed by atoms with Crippen molar-refractivity contribution in [2.45, 2.75) is 31.9 Å². The van der Waals surface area contributed by atoms with Crippen LogP contribution >= 0.6 is 0 Å². The lowest BCUT2D eigenvalue weighted by atomic mass is 9.97. The summed E-state index contributed by atoms with van der Waals surface area (Å²) >= 11 is 0. The molecule has 0 bridgehead atoms. The molecule has 4 aromatic rings. The number of furan rings is 1. The van der Waals surface area contributed by atoms with Crippen LogP contribution in [0.4, 0.5) is 13.2 Å². The molecule has 1 fully saturated rings. The number of carbonyl (C=O) groups excluding carboxylic acids is 1. The summed E-state index contributed by atoms with van der Waals surface area (Å²) in [5.41, 5.74) is 3.52. The average Bonchev–Trinajstić information content (AvgIpc) is 3.49. The van der Waals surface area contributed by atoms with Crippen LogP contribution in [0.25, 0.3) is 16.8 Å². The van der Waals surface area contributed by atoms with E-state index in [-0.39, 0.29) is 11.8 Å². The SMILES string of the molecule is Cc1occc1C(=O)N1CCCC(c2nc3ccc(-c4cccnc4)cn3n2)C1.O=C(O)C(F)(F)F. The number of fused-ring (bicyclic) bond motifs is 1. The van der Waals surface area contributed by atoms with Crippen LogP contribution in [-0.4, -0.2) is 60.7 Å². The first-order valence-electron chi connectivity index (χ1n) is 11.0. The third-order valence-electron chi connectivity index (χ3n) is 5.75. The van der Waals surface area contributed by atoms with Gasteiger partial charge in [0.2, 0.25) is 0 Å². The van der Waals surface area contributed by atoms with E-state index in [9.17, 15) is 18.0 Å². The van der Waals surface area contributed by atoms with Crippen LogP contribution in [0.5, 0.6) is 0 Å². The lowest BCUT2D eigenvalue weighted by Crippen LogP contribution is -2.39. The molecule has 1 amide bonds. The molecule has 1 atom stereocenters. The van der Waals surface area contributed by atoms with Crippen LogP contribution in [0, 0.1) is 6.92 Å². The Bertz CT molecular complexity index is 1370. The highest BCUT2D eigenvalue weighted by Gasteiger charge is 2.38. The van der Waals surface area contributed by atoms with E-state index in [1.54, 1.807) is 18.5 Å². The minimum absolute atomic E-state index is 0.0172. The Morgan fingerprint density at radius 1 is 1.17 bits per heavy atom. The van der Waals surface area contributed by atoms with Crippen LogP contribution in [0.15, 0.2) is 59.6 Å². The Hall–Kier alpha value is -4.22. The third-order valence-corrected chi connectivity index (χ3v) is 5.75.